The first-order chi connectivity index (χ1) is 8.92. The number of nitro benzene ring substituents is 1. The number of nitro groups is 1. The van der Waals surface area contributed by atoms with Gasteiger partial charge in [-0.25, -0.2) is 0 Å². The summed E-state index contributed by atoms with van der Waals surface area (Å²) in [7, 11) is 3.16. The van der Waals surface area contributed by atoms with Crippen LogP contribution in [0.1, 0.15) is 17.3 Å². The van der Waals surface area contributed by atoms with Crippen molar-refractivity contribution in [2.24, 2.45) is 0 Å². The maximum atomic E-state index is 12.2. The van der Waals surface area contributed by atoms with Gasteiger partial charge in [0.15, 0.2) is 0 Å². The number of likely N-dealkylation sites (N-methyl/N-ethyl adjacent to an activating group) is 1. The first-order valence-electron chi connectivity index (χ1n) is 5.76. The average Bonchev–Trinajstić information content (AvgIpc) is 2.43. The summed E-state index contributed by atoms with van der Waals surface area (Å²) in [5.41, 5.74) is 0.361. The topological polar surface area (TPSA) is 95.7 Å². The Morgan fingerprint density at radius 3 is 2.68 bits per heavy atom. The Kier molecular flexibility index (Phi) is 4.82. The maximum Gasteiger partial charge on any atom is 0.282 e. The number of amides is 1. The van der Waals surface area contributed by atoms with Gasteiger partial charge < -0.3 is 15.3 Å². The van der Waals surface area contributed by atoms with E-state index in [2.05, 4.69) is 5.32 Å². The molecule has 1 unspecified atom stereocenters. The normalized spacial score (nSPS) is 11.8. The van der Waals surface area contributed by atoms with Crippen LogP contribution in [0.4, 0.5) is 11.4 Å². The minimum atomic E-state index is -0.593. The summed E-state index contributed by atoms with van der Waals surface area (Å²) in [6, 6.07) is 3.84. The molecule has 1 aromatic rings. The van der Waals surface area contributed by atoms with E-state index in [4.69, 9.17) is 5.11 Å². The van der Waals surface area contributed by atoms with E-state index in [-0.39, 0.29) is 17.9 Å². The lowest BCUT2D eigenvalue weighted by atomic mass is 10.1. The van der Waals surface area contributed by atoms with Crippen molar-refractivity contribution in [3.05, 3.63) is 33.9 Å². The molecule has 0 heterocycles. The number of nitrogens with one attached hydrogen (secondary N) is 1. The van der Waals surface area contributed by atoms with E-state index in [1.165, 1.54) is 30.1 Å². The SMILES string of the molecule is CNc1ccc([N+](=O)[O-])c(C(=O)N(C)C(C)CO)c1. The molecule has 0 aliphatic heterocycles. The van der Waals surface area contributed by atoms with Crippen LogP contribution in [0.3, 0.4) is 0 Å². The predicted octanol–water partition coefficient (Wildman–Crippen LogP) is 1.09. The standard InChI is InChI=1S/C12H17N3O4/c1-8(7-16)14(3)12(17)10-6-9(13-2)4-5-11(10)15(18)19/h4-6,8,13,16H,7H2,1-3H3. The molecule has 7 heteroatoms. The molecule has 1 aromatic carbocycles. The highest BCUT2D eigenvalue weighted by Gasteiger charge is 2.25. The van der Waals surface area contributed by atoms with Crippen LogP contribution in [0.5, 0.6) is 0 Å². The van der Waals surface area contributed by atoms with E-state index in [1.807, 2.05) is 0 Å². The zero-order valence-electron chi connectivity index (χ0n) is 11.1. The number of benzene rings is 1. The van der Waals surface area contributed by atoms with Crippen molar-refractivity contribution < 1.29 is 14.8 Å². The monoisotopic (exact) mass is 267 g/mol. The van der Waals surface area contributed by atoms with Gasteiger partial charge in [0.05, 0.1) is 17.6 Å². The second-order valence-electron chi connectivity index (χ2n) is 4.19. The first-order valence-corrected chi connectivity index (χ1v) is 5.76. The minimum absolute atomic E-state index is 0.000324. The summed E-state index contributed by atoms with van der Waals surface area (Å²) in [6.45, 7) is 1.45. The van der Waals surface area contributed by atoms with Crippen LogP contribution in [0, 0.1) is 10.1 Å². The van der Waals surface area contributed by atoms with Gasteiger partial charge in [-0.15, -0.1) is 0 Å². The van der Waals surface area contributed by atoms with Crippen molar-refractivity contribution in [3.63, 3.8) is 0 Å². The summed E-state index contributed by atoms with van der Waals surface area (Å²) in [5, 5.41) is 22.8. The Morgan fingerprint density at radius 1 is 1.58 bits per heavy atom. The molecular weight excluding hydrogens is 250 g/mol. The molecular formula is C12H17N3O4. The third kappa shape index (κ3) is 3.19. The number of aliphatic hydroxyl groups excluding tert-OH is 1. The van der Waals surface area contributed by atoms with Crippen molar-refractivity contribution in [1.82, 2.24) is 4.90 Å². The van der Waals surface area contributed by atoms with Gasteiger partial charge >= 0.3 is 0 Å². The van der Waals surface area contributed by atoms with Crippen LogP contribution in [-0.4, -0.2) is 47.6 Å². The molecule has 0 aromatic heterocycles. The van der Waals surface area contributed by atoms with Gasteiger partial charge in [0.2, 0.25) is 0 Å². The van der Waals surface area contributed by atoms with Crippen LogP contribution >= 0.6 is 0 Å². The molecule has 1 amide bonds. The molecule has 0 spiro atoms. The molecule has 0 bridgehead atoms. The fraction of sp³-hybridized carbons (Fsp3) is 0.417. The highest BCUT2D eigenvalue weighted by atomic mass is 16.6. The lowest BCUT2D eigenvalue weighted by molar-refractivity contribution is -0.385. The number of rotatable bonds is 5. The molecule has 0 aliphatic rings. The van der Waals surface area contributed by atoms with Gasteiger partial charge in [-0.3, -0.25) is 14.9 Å². The minimum Gasteiger partial charge on any atom is -0.394 e. The molecule has 0 radical (unpaired) electrons. The quantitative estimate of drug-likeness (QED) is 0.615. The molecule has 19 heavy (non-hydrogen) atoms. The van der Waals surface area contributed by atoms with E-state index in [1.54, 1.807) is 14.0 Å². The van der Waals surface area contributed by atoms with Gasteiger partial charge in [-0.05, 0) is 19.1 Å². The van der Waals surface area contributed by atoms with Gasteiger partial charge in [0.25, 0.3) is 11.6 Å². The third-order valence-electron chi connectivity index (χ3n) is 2.96. The van der Waals surface area contributed by atoms with Gasteiger partial charge in [-0.1, -0.05) is 0 Å². The van der Waals surface area contributed by atoms with Crippen molar-refractivity contribution >= 4 is 17.3 Å². The average molecular weight is 267 g/mol. The number of carbonyl (C=O) groups is 1. The first kappa shape index (κ1) is 14.9. The zero-order chi connectivity index (χ0) is 14.6. The smallest absolute Gasteiger partial charge is 0.282 e. The second kappa shape index (κ2) is 6.14. The highest BCUT2D eigenvalue weighted by Crippen LogP contribution is 2.24. The number of hydrogen-bond donors (Lipinski definition) is 2. The Labute approximate surface area is 111 Å². The van der Waals surface area contributed by atoms with E-state index in [0.717, 1.165) is 0 Å². The molecule has 2 N–H and O–H groups in total. The van der Waals surface area contributed by atoms with E-state index >= 15 is 0 Å². The number of anilines is 1. The lowest BCUT2D eigenvalue weighted by Gasteiger charge is -2.23. The molecule has 7 nitrogen and oxygen atoms in total. The maximum absolute atomic E-state index is 12.2. The highest BCUT2D eigenvalue weighted by molar-refractivity contribution is 5.99. The van der Waals surface area contributed by atoms with Crippen LogP contribution in [0.15, 0.2) is 18.2 Å². The third-order valence-corrected chi connectivity index (χ3v) is 2.96. The molecule has 0 saturated carbocycles. The lowest BCUT2D eigenvalue weighted by Crippen LogP contribution is -2.37. The van der Waals surface area contributed by atoms with E-state index in [9.17, 15) is 14.9 Å². The molecule has 104 valence electrons. The van der Waals surface area contributed by atoms with Crippen molar-refractivity contribution in [1.29, 1.82) is 0 Å². The fourth-order valence-electron chi connectivity index (χ4n) is 1.53. The number of aliphatic hydroxyl groups is 1. The summed E-state index contributed by atoms with van der Waals surface area (Å²) >= 11 is 0. The molecule has 0 saturated heterocycles. The molecule has 0 fully saturated rings. The number of nitrogens with zero attached hydrogens (tertiary/aromatic N) is 2. The summed E-state index contributed by atoms with van der Waals surface area (Å²) in [5.74, 6) is -0.495. The van der Waals surface area contributed by atoms with Crippen LogP contribution in [-0.2, 0) is 0 Å². The van der Waals surface area contributed by atoms with Crippen molar-refractivity contribution in [3.8, 4) is 0 Å². The van der Waals surface area contributed by atoms with Gasteiger partial charge in [0.1, 0.15) is 5.56 Å². The Bertz CT molecular complexity index is 490. The number of carbonyl (C=O) groups excluding carboxylic acids is 1. The Morgan fingerprint density at radius 2 is 2.21 bits per heavy atom. The summed E-state index contributed by atoms with van der Waals surface area (Å²) in [6.07, 6.45) is 0. The van der Waals surface area contributed by atoms with E-state index < -0.39 is 16.9 Å². The van der Waals surface area contributed by atoms with Crippen molar-refractivity contribution in [2.75, 3.05) is 26.0 Å². The molecule has 1 atom stereocenters. The summed E-state index contributed by atoms with van der Waals surface area (Å²) in [4.78, 5) is 23.9. The number of hydrogen-bond acceptors (Lipinski definition) is 5. The molecule has 1 rings (SSSR count). The predicted molar refractivity (Wildman–Crippen MR) is 71.3 cm³/mol. The van der Waals surface area contributed by atoms with Gasteiger partial charge in [0, 0.05) is 25.8 Å². The largest absolute Gasteiger partial charge is 0.394 e. The second-order valence-corrected chi connectivity index (χ2v) is 4.19. The Hall–Kier alpha value is -2.15. The van der Waals surface area contributed by atoms with Crippen LogP contribution in [0.2, 0.25) is 0 Å². The van der Waals surface area contributed by atoms with Crippen LogP contribution < -0.4 is 5.32 Å². The molecule has 0 aliphatic carbocycles. The summed E-state index contributed by atoms with van der Waals surface area (Å²) < 4.78 is 0. The zero-order valence-corrected chi connectivity index (χ0v) is 11.1. The van der Waals surface area contributed by atoms with Crippen molar-refractivity contribution in [2.45, 2.75) is 13.0 Å². The van der Waals surface area contributed by atoms with E-state index in [0.29, 0.717) is 5.69 Å². The fourth-order valence-corrected chi connectivity index (χ4v) is 1.53. The van der Waals surface area contributed by atoms with Crippen LogP contribution in [0.25, 0.3) is 0 Å². The van der Waals surface area contributed by atoms with Gasteiger partial charge in [-0.2, -0.15) is 0 Å². The Balaban J connectivity index is 3.23.